The molecule has 6 nitrogen and oxygen atoms in total. The first-order chi connectivity index (χ1) is 13.0. The third kappa shape index (κ3) is 5.99. The highest BCUT2D eigenvalue weighted by molar-refractivity contribution is 5.70. The first-order valence-corrected chi connectivity index (χ1v) is 7.53. The minimum Gasteiger partial charge on any atom is -0.479 e. The van der Waals surface area contributed by atoms with Crippen LogP contribution in [0, 0.1) is 0 Å². The SMILES string of the molecule is COC(=O)COc1cnc(NCc2cc(C(F)(F)F)cc(C(F)(F)F)c2)nc1. The number of hydrogen-bond acceptors (Lipinski definition) is 6. The van der Waals surface area contributed by atoms with Crippen LogP contribution < -0.4 is 10.1 Å². The van der Waals surface area contributed by atoms with Gasteiger partial charge in [0, 0.05) is 6.54 Å². The normalized spacial score (nSPS) is 11.8. The Bertz CT molecular complexity index is 790. The molecule has 0 amide bonds. The molecule has 0 radical (unpaired) electrons. The fraction of sp³-hybridized carbons (Fsp3) is 0.312. The van der Waals surface area contributed by atoms with Crippen LogP contribution in [0.3, 0.4) is 0 Å². The lowest BCUT2D eigenvalue weighted by atomic mass is 10.0. The first kappa shape index (κ1) is 21.3. The fourth-order valence-corrected chi connectivity index (χ4v) is 1.99. The van der Waals surface area contributed by atoms with Crippen LogP contribution in [-0.4, -0.2) is 29.7 Å². The van der Waals surface area contributed by atoms with E-state index >= 15 is 0 Å². The Morgan fingerprint density at radius 3 is 2.00 bits per heavy atom. The van der Waals surface area contributed by atoms with E-state index in [9.17, 15) is 31.1 Å². The molecule has 0 unspecified atom stereocenters. The number of nitrogens with one attached hydrogen (secondary N) is 1. The van der Waals surface area contributed by atoms with Crippen LogP contribution >= 0.6 is 0 Å². The van der Waals surface area contributed by atoms with Gasteiger partial charge in [0.2, 0.25) is 5.95 Å². The molecule has 0 aliphatic carbocycles. The van der Waals surface area contributed by atoms with Gasteiger partial charge in [-0.15, -0.1) is 0 Å². The zero-order chi connectivity index (χ0) is 20.9. The van der Waals surface area contributed by atoms with Gasteiger partial charge in [0.1, 0.15) is 0 Å². The van der Waals surface area contributed by atoms with Gasteiger partial charge in [-0.3, -0.25) is 0 Å². The number of aromatic nitrogens is 2. The molecule has 0 aliphatic rings. The van der Waals surface area contributed by atoms with E-state index in [1.165, 1.54) is 19.5 Å². The largest absolute Gasteiger partial charge is 0.479 e. The molecule has 28 heavy (non-hydrogen) atoms. The Morgan fingerprint density at radius 2 is 1.54 bits per heavy atom. The molecule has 0 atom stereocenters. The van der Waals surface area contributed by atoms with Crippen molar-refractivity contribution in [2.75, 3.05) is 19.0 Å². The van der Waals surface area contributed by atoms with E-state index in [2.05, 4.69) is 20.0 Å². The van der Waals surface area contributed by atoms with Crippen LogP contribution in [0.2, 0.25) is 0 Å². The molecule has 1 N–H and O–H groups in total. The summed E-state index contributed by atoms with van der Waals surface area (Å²) in [5.74, 6) is -0.571. The predicted molar refractivity (Wildman–Crippen MR) is 83.3 cm³/mol. The standard InChI is InChI=1S/C16H13F6N3O3/c1-27-13(26)8-28-12-6-24-14(25-7-12)23-5-9-2-10(15(17,18)19)4-11(3-9)16(20,21)22/h2-4,6-7H,5,8H2,1H3,(H,23,24,25). The van der Waals surface area contributed by atoms with Gasteiger partial charge >= 0.3 is 18.3 Å². The van der Waals surface area contributed by atoms with Crippen molar-refractivity contribution in [1.82, 2.24) is 9.97 Å². The van der Waals surface area contributed by atoms with Crippen molar-refractivity contribution in [1.29, 1.82) is 0 Å². The van der Waals surface area contributed by atoms with Crippen molar-refractivity contribution in [3.63, 3.8) is 0 Å². The zero-order valence-electron chi connectivity index (χ0n) is 14.2. The van der Waals surface area contributed by atoms with Gasteiger partial charge in [-0.1, -0.05) is 0 Å². The Balaban J connectivity index is 2.10. The molecule has 0 saturated heterocycles. The summed E-state index contributed by atoms with van der Waals surface area (Å²) in [6.45, 7) is -0.757. The summed E-state index contributed by atoms with van der Waals surface area (Å²) < 4.78 is 86.4. The highest BCUT2D eigenvalue weighted by Crippen LogP contribution is 2.36. The second kappa shape index (κ2) is 8.31. The molecular weight excluding hydrogens is 396 g/mol. The Morgan fingerprint density at radius 1 is 1.00 bits per heavy atom. The van der Waals surface area contributed by atoms with Gasteiger partial charge in [-0.2, -0.15) is 26.3 Å². The van der Waals surface area contributed by atoms with Crippen LogP contribution in [-0.2, 0) is 28.4 Å². The van der Waals surface area contributed by atoms with Crippen LogP contribution in [0.1, 0.15) is 16.7 Å². The summed E-state index contributed by atoms with van der Waals surface area (Å²) in [5, 5.41) is 2.52. The van der Waals surface area contributed by atoms with Crippen molar-refractivity contribution < 1.29 is 40.6 Å². The van der Waals surface area contributed by atoms with E-state index < -0.39 is 29.4 Å². The highest BCUT2D eigenvalue weighted by atomic mass is 19.4. The minimum atomic E-state index is -4.93. The van der Waals surface area contributed by atoms with Gasteiger partial charge in [-0.25, -0.2) is 14.8 Å². The number of carbonyl (C=O) groups is 1. The predicted octanol–water partition coefficient (Wildman–Crippen LogP) is 3.68. The van der Waals surface area contributed by atoms with Crippen LogP contribution in [0.15, 0.2) is 30.6 Å². The monoisotopic (exact) mass is 409 g/mol. The van der Waals surface area contributed by atoms with Crippen molar-refractivity contribution in [2.24, 2.45) is 0 Å². The van der Waals surface area contributed by atoms with Crippen LogP contribution in [0.25, 0.3) is 0 Å². The average Bonchev–Trinajstić information content (AvgIpc) is 2.63. The molecule has 1 heterocycles. The number of benzene rings is 1. The zero-order valence-corrected chi connectivity index (χ0v) is 14.2. The molecule has 12 heteroatoms. The third-order valence-electron chi connectivity index (χ3n) is 3.31. The molecule has 1 aromatic carbocycles. The summed E-state index contributed by atoms with van der Waals surface area (Å²) >= 11 is 0. The topological polar surface area (TPSA) is 73.3 Å². The third-order valence-corrected chi connectivity index (χ3v) is 3.31. The smallest absolute Gasteiger partial charge is 0.416 e. The number of rotatable bonds is 6. The summed E-state index contributed by atoms with van der Waals surface area (Å²) in [6.07, 6.45) is -7.51. The number of methoxy groups -OCH3 is 1. The quantitative estimate of drug-likeness (QED) is 0.580. The van der Waals surface area contributed by atoms with E-state index in [0.29, 0.717) is 12.1 Å². The van der Waals surface area contributed by atoms with Crippen molar-refractivity contribution in [3.05, 3.63) is 47.3 Å². The Hall–Kier alpha value is -3.05. The van der Waals surface area contributed by atoms with Crippen LogP contribution in [0.5, 0.6) is 5.75 Å². The highest BCUT2D eigenvalue weighted by Gasteiger charge is 2.36. The van der Waals surface area contributed by atoms with E-state index in [0.717, 1.165) is 0 Å². The second-order valence-corrected chi connectivity index (χ2v) is 5.37. The molecule has 0 spiro atoms. The van der Waals surface area contributed by atoms with E-state index in [-0.39, 0.29) is 36.5 Å². The van der Waals surface area contributed by atoms with Gasteiger partial charge < -0.3 is 14.8 Å². The summed E-state index contributed by atoms with van der Waals surface area (Å²) in [4.78, 5) is 18.5. The number of ether oxygens (including phenoxy) is 2. The number of hydrogen-bond donors (Lipinski definition) is 1. The molecule has 0 bridgehead atoms. The number of esters is 1. The fourth-order valence-electron chi connectivity index (χ4n) is 1.99. The van der Waals surface area contributed by atoms with Gasteiger partial charge in [0.15, 0.2) is 12.4 Å². The lowest BCUT2D eigenvalue weighted by Crippen LogP contribution is -2.14. The number of anilines is 1. The van der Waals surface area contributed by atoms with Gasteiger partial charge in [0.25, 0.3) is 0 Å². The molecule has 0 fully saturated rings. The number of halogens is 6. The first-order valence-electron chi connectivity index (χ1n) is 7.53. The molecule has 152 valence electrons. The average molecular weight is 409 g/mol. The summed E-state index contributed by atoms with van der Waals surface area (Å²) in [6, 6.07) is 1.26. The molecule has 1 aromatic heterocycles. The second-order valence-electron chi connectivity index (χ2n) is 5.37. The molecule has 0 aliphatic heterocycles. The van der Waals surface area contributed by atoms with Crippen molar-refractivity contribution in [2.45, 2.75) is 18.9 Å². The molecule has 2 aromatic rings. The maximum atomic E-state index is 12.8. The number of nitrogens with zero attached hydrogens (tertiary/aromatic N) is 2. The minimum absolute atomic E-state index is 0.0490. The summed E-state index contributed by atoms with van der Waals surface area (Å²) in [7, 11) is 1.17. The Kier molecular flexibility index (Phi) is 6.31. The number of carbonyl (C=O) groups excluding carboxylic acids is 1. The summed E-state index contributed by atoms with van der Waals surface area (Å²) in [5.41, 5.74) is -3.07. The maximum absolute atomic E-state index is 12.8. The molecule has 0 saturated carbocycles. The van der Waals surface area contributed by atoms with E-state index in [1.54, 1.807) is 0 Å². The van der Waals surface area contributed by atoms with Gasteiger partial charge in [0.05, 0.1) is 30.6 Å². The lowest BCUT2D eigenvalue weighted by molar-refractivity contribution is -0.144. The van der Waals surface area contributed by atoms with Crippen molar-refractivity contribution in [3.8, 4) is 5.75 Å². The van der Waals surface area contributed by atoms with Crippen molar-refractivity contribution >= 4 is 11.9 Å². The van der Waals surface area contributed by atoms with Crippen LogP contribution in [0.4, 0.5) is 32.3 Å². The van der Waals surface area contributed by atoms with E-state index in [4.69, 9.17) is 4.74 Å². The maximum Gasteiger partial charge on any atom is 0.416 e. The molecular formula is C16H13F6N3O3. The number of alkyl halides is 6. The lowest BCUT2D eigenvalue weighted by Gasteiger charge is -2.14. The molecule has 2 rings (SSSR count). The van der Waals surface area contributed by atoms with E-state index in [1.807, 2.05) is 0 Å². The Labute approximate surface area is 154 Å². The van der Waals surface area contributed by atoms with Gasteiger partial charge in [-0.05, 0) is 23.8 Å².